The van der Waals surface area contributed by atoms with Crippen molar-refractivity contribution in [3.63, 3.8) is 0 Å². The molecule has 3 atom stereocenters. The second-order valence-corrected chi connectivity index (χ2v) is 9.79. The van der Waals surface area contributed by atoms with Crippen LogP contribution in [-0.2, 0) is 25.7 Å². The molecule has 0 spiro atoms. The highest BCUT2D eigenvalue weighted by molar-refractivity contribution is 5.86. The summed E-state index contributed by atoms with van der Waals surface area (Å²) >= 11 is 0. The minimum atomic E-state index is -1.04. The van der Waals surface area contributed by atoms with Gasteiger partial charge in [-0.25, -0.2) is 4.79 Å². The van der Waals surface area contributed by atoms with Crippen LogP contribution >= 0.6 is 0 Å². The number of carbonyl (C=O) groups excluding carboxylic acids is 2. The fourth-order valence-corrected chi connectivity index (χ4v) is 4.81. The van der Waals surface area contributed by atoms with Gasteiger partial charge in [-0.3, -0.25) is 9.59 Å². The van der Waals surface area contributed by atoms with Gasteiger partial charge in [-0.1, -0.05) is 78.9 Å². The number of amides is 2. The molecule has 0 aromatic heterocycles. The van der Waals surface area contributed by atoms with Gasteiger partial charge in [-0.05, 0) is 48.1 Å². The molecule has 3 N–H and O–H groups in total. The van der Waals surface area contributed by atoms with E-state index in [1.165, 1.54) is 0 Å². The largest absolute Gasteiger partial charge is 0.481 e. The molecule has 0 radical (unpaired) electrons. The average molecular weight is 531 g/mol. The molecule has 0 aliphatic heterocycles. The normalized spacial score (nSPS) is 14.4. The van der Waals surface area contributed by atoms with Crippen LogP contribution in [-0.4, -0.2) is 47.9 Å². The fourth-order valence-electron chi connectivity index (χ4n) is 4.81. The van der Waals surface area contributed by atoms with E-state index >= 15 is 0 Å². The maximum atomic E-state index is 13.2. The van der Waals surface area contributed by atoms with E-state index in [2.05, 4.69) is 22.8 Å². The van der Waals surface area contributed by atoms with Gasteiger partial charge < -0.3 is 25.2 Å². The quantitative estimate of drug-likeness (QED) is 0.308. The molecule has 1 aliphatic carbocycles. The Kier molecular flexibility index (Phi) is 9.33. The zero-order valence-electron chi connectivity index (χ0n) is 22.1. The van der Waals surface area contributed by atoms with Crippen LogP contribution in [0.4, 0.5) is 4.79 Å². The maximum absolute atomic E-state index is 13.2. The number of ether oxygens (including phenoxy) is 2. The smallest absolute Gasteiger partial charge is 0.407 e. The summed E-state index contributed by atoms with van der Waals surface area (Å²) in [5.41, 5.74) is 5.36. The van der Waals surface area contributed by atoms with Gasteiger partial charge in [-0.15, -0.1) is 0 Å². The molecule has 0 saturated carbocycles. The first kappa shape index (κ1) is 27.9. The summed E-state index contributed by atoms with van der Waals surface area (Å²) < 4.78 is 11.6. The Balaban J connectivity index is 1.42. The van der Waals surface area contributed by atoms with Crippen LogP contribution in [0.5, 0.6) is 0 Å². The summed E-state index contributed by atoms with van der Waals surface area (Å²) in [4.78, 5) is 37.1. The van der Waals surface area contributed by atoms with E-state index in [0.29, 0.717) is 0 Å². The monoisotopic (exact) mass is 530 g/mol. The summed E-state index contributed by atoms with van der Waals surface area (Å²) in [6.45, 7) is 3.80. The number of carboxylic acid groups (broad SMARTS) is 1. The van der Waals surface area contributed by atoms with E-state index in [9.17, 15) is 14.4 Å². The van der Waals surface area contributed by atoms with Crippen molar-refractivity contribution in [1.29, 1.82) is 0 Å². The molecular formula is C31H34N2O6. The lowest BCUT2D eigenvalue weighted by Gasteiger charge is -2.26. The third-order valence-corrected chi connectivity index (χ3v) is 6.90. The molecule has 4 rings (SSSR count). The van der Waals surface area contributed by atoms with Crippen molar-refractivity contribution in [3.8, 4) is 11.1 Å². The second kappa shape index (κ2) is 13.1. The molecule has 1 aliphatic rings. The van der Waals surface area contributed by atoms with Crippen molar-refractivity contribution in [2.75, 3.05) is 6.61 Å². The first-order valence-corrected chi connectivity index (χ1v) is 13.1. The van der Waals surface area contributed by atoms with Crippen LogP contribution < -0.4 is 10.6 Å². The van der Waals surface area contributed by atoms with Gasteiger partial charge in [0.15, 0.2) is 0 Å². The number of nitrogens with one attached hydrogen (secondary N) is 2. The Morgan fingerprint density at radius 3 is 2.05 bits per heavy atom. The van der Waals surface area contributed by atoms with Crippen molar-refractivity contribution in [2.45, 2.75) is 57.4 Å². The Labute approximate surface area is 228 Å². The lowest BCUT2D eigenvalue weighted by atomic mass is 9.98. The van der Waals surface area contributed by atoms with E-state index in [-0.39, 0.29) is 32.0 Å². The van der Waals surface area contributed by atoms with E-state index in [1.807, 2.05) is 66.7 Å². The minimum Gasteiger partial charge on any atom is -0.481 e. The van der Waals surface area contributed by atoms with Gasteiger partial charge in [0.25, 0.3) is 0 Å². The molecule has 3 unspecified atom stereocenters. The number of carboxylic acids is 1. The van der Waals surface area contributed by atoms with Crippen molar-refractivity contribution in [3.05, 3.63) is 95.6 Å². The van der Waals surface area contributed by atoms with Gasteiger partial charge in [0.1, 0.15) is 12.6 Å². The van der Waals surface area contributed by atoms with Crippen molar-refractivity contribution in [2.24, 2.45) is 0 Å². The van der Waals surface area contributed by atoms with Crippen molar-refractivity contribution < 1.29 is 29.0 Å². The topological polar surface area (TPSA) is 114 Å². The van der Waals surface area contributed by atoms with E-state index in [1.54, 1.807) is 13.8 Å². The third-order valence-electron chi connectivity index (χ3n) is 6.90. The standard InChI is InChI=1S/C31H34N2O6/c1-20(16-17-28(34)35)32-30(36)29(21(2)38-18-22-10-4-3-5-11-22)33-31(37)39-19-27-25-14-8-6-12-23(25)24-13-7-9-15-26(24)27/h3-15,20-21,27,29H,16-19H2,1-2H3,(H,32,36)(H,33,37)(H,34,35). The zero-order valence-corrected chi connectivity index (χ0v) is 22.1. The number of fused-ring (bicyclic) bond motifs is 3. The molecule has 0 saturated heterocycles. The number of benzene rings is 3. The van der Waals surface area contributed by atoms with Crippen LogP contribution in [0.1, 0.15) is 49.3 Å². The Bertz CT molecular complexity index is 1250. The van der Waals surface area contributed by atoms with Crippen LogP contribution in [0.25, 0.3) is 11.1 Å². The fraction of sp³-hybridized carbons (Fsp3) is 0.323. The molecular weight excluding hydrogens is 496 g/mol. The molecule has 2 amide bonds. The Morgan fingerprint density at radius 1 is 0.846 bits per heavy atom. The predicted molar refractivity (Wildman–Crippen MR) is 147 cm³/mol. The highest BCUT2D eigenvalue weighted by Gasteiger charge is 2.32. The molecule has 0 heterocycles. The number of carbonyl (C=O) groups is 3. The van der Waals surface area contributed by atoms with Crippen LogP contribution in [0.15, 0.2) is 78.9 Å². The Hall–Kier alpha value is -4.17. The summed E-state index contributed by atoms with van der Waals surface area (Å²) in [5.74, 6) is -1.52. The lowest BCUT2D eigenvalue weighted by Crippen LogP contribution is -2.54. The van der Waals surface area contributed by atoms with Gasteiger partial charge in [-0.2, -0.15) is 0 Å². The van der Waals surface area contributed by atoms with Gasteiger partial charge in [0.2, 0.25) is 5.91 Å². The molecule has 3 aromatic carbocycles. The van der Waals surface area contributed by atoms with E-state index < -0.39 is 36.2 Å². The van der Waals surface area contributed by atoms with Crippen LogP contribution in [0.3, 0.4) is 0 Å². The highest BCUT2D eigenvalue weighted by Crippen LogP contribution is 2.44. The van der Waals surface area contributed by atoms with Gasteiger partial charge in [0.05, 0.1) is 12.7 Å². The van der Waals surface area contributed by atoms with Crippen molar-refractivity contribution in [1.82, 2.24) is 10.6 Å². The molecule has 204 valence electrons. The molecule has 3 aromatic rings. The SMILES string of the molecule is CC(CCC(=O)O)NC(=O)C(NC(=O)OCC1c2ccccc2-c2ccccc21)C(C)OCc1ccccc1. The summed E-state index contributed by atoms with van der Waals surface area (Å²) in [6.07, 6.45) is -1.23. The van der Waals surface area contributed by atoms with E-state index in [0.717, 1.165) is 27.8 Å². The summed E-state index contributed by atoms with van der Waals surface area (Å²) in [6, 6.07) is 24.2. The highest BCUT2D eigenvalue weighted by atomic mass is 16.5. The number of rotatable bonds is 12. The van der Waals surface area contributed by atoms with Gasteiger partial charge >= 0.3 is 12.1 Å². The molecule has 39 heavy (non-hydrogen) atoms. The predicted octanol–water partition coefficient (Wildman–Crippen LogP) is 4.87. The molecule has 0 bridgehead atoms. The van der Waals surface area contributed by atoms with Gasteiger partial charge in [0, 0.05) is 18.4 Å². The lowest BCUT2D eigenvalue weighted by molar-refractivity contribution is -0.137. The van der Waals surface area contributed by atoms with Crippen LogP contribution in [0.2, 0.25) is 0 Å². The molecule has 8 heteroatoms. The number of aliphatic carboxylic acids is 1. The summed E-state index contributed by atoms with van der Waals surface area (Å²) in [7, 11) is 0. The number of hydrogen-bond donors (Lipinski definition) is 3. The molecule has 0 fully saturated rings. The first-order chi connectivity index (χ1) is 18.8. The maximum Gasteiger partial charge on any atom is 0.407 e. The summed E-state index contributed by atoms with van der Waals surface area (Å²) in [5, 5.41) is 14.4. The van der Waals surface area contributed by atoms with E-state index in [4.69, 9.17) is 14.6 Å². The minimum absolute atomic E-state index is 0.0774. The third kappa shape index (κ3) is 7.23. The average Bonchev–Trinajstić information content (AvgIpc) is 3.26. The van der Waals surface area contributed by atoms with Crippen molar-refractivity contribution >= 4 is 18.0 Å². The van der Waals surface area contributed by atoms with Crippen LogP contribution in [0, 0.1) is 0 Å². The number of hydrogen-bond acceptors (Lipinski definition) is 5. The Morgan fingerprint density at radius 2 is 1.44 bits per heavy atom. The first-order valence-electron chi connectivity index (χ1n) is 13.1. The molecule has 8 nitrogen and oxygen atoms in total. The zero-order chi connectivity index (χ0) is 27.8. The number of alkyl carbamates (subject to hydrolysis) is 1. The second-order valence-electron chi connectivity index (χ2n) is 9.79.